The lowest BCUT2D eigenvalue weighted by molar-refractivity contribution is -0.123. The highest BCUT2D eigenvalue weighted by Gasteiger charge is 2.30. The van der Waals surface area contributed by atoms with E-state index in [-0.39, 0.29) is 17.5 Å². The summed E-state index contributed by atoms with van der Waals surface area (Å²) in [6.45, 7) is 0. The van der Waals surface area contributed by atoms with Crippen molar-refractivity contribution in [2.45, 2.75) is 18.5 Å². The van der Waals surface area contributed by atoms with Gasteiger partial charge in [0.25, 0.3) is 11.8 Å². The quantitative estimate of drug-likeness (QED) is 0.422. The Balaban J connectivity index is 1.34. The van der Waals surface area contributed by atoms with E-state index in [1.807, 2.05) is 48.5 Å². The van der Waals surface area contributed by atoms with Crippen molar-refractivity contribution in [2.75, 3.05) is 0 Å². The highest BCUT2D eigenvalue weighted by Crippen LogP contribution is 2.22. The van der Waals surface area contributed by atoms with Gasteiger partial charge in [0, 0.05) is 6.04 Å². The maximum absolute atomic E-state index is 12.4. The summed E-state index contributed by atoms with van der Waals surface area (Å²) in [5, 5.41) is 14.1. The number of amides is 2. The summed E-state index contributed by atoms with van der Waals surface area (Å²) in [6, 6.07) is 18.3. The third kappa shape index (κ3) is 4.10. The molecule has 2 unspecified atom stereocenters. The Labute approximate surface area is 166 Å². The normalized spacial score (nSPS) is 18.3. The van der Waals surface area contributed by atoms with Crippen molar-refractivity contribution in [3.8, 4) is 11.4 Å². The first-order valence-corrected chi connectivity index (χ1v) is 9.12. The number of hydrazine groups is 2. The van der Waals surface area contributed by atoms with E-state index in [9.17, 15) is 14.7 Å². The molecule has 0 aliphatic carbocycles. The summed E-state index contributed by atoms with van der Waals surface area (Å²) in [5.74, 6) is -1.40. The molecule has 1 fully saturated rings. The molecule has 0 radical (unpaired) electrons. The van der Waals surface area contributed by atoms with Crippen LogP contribution < -0.4 is 21.7 Å². The van der Waals surface area contributed by atoms with Gasteiger partial charge in [-0.15, -0.1) is 0 Å². The van der Waals surface area contributed by atoms with Crippen LogP contribution in [0.1, 0.15) is 28.5 Å². The lowest BCUT2D eigenvalue weighted by Crippen LogP contribution is -2.50. The van der Waals surface area contributed by atoms with Crippen molar-refractivity contribution in [2.24, 2.45) is 0 Å². The molecular weight excluding hydrogens is 372 g/mol. The van der Waals surface area contributed by atoms with Crippen LogP contribution in [0.2, 0.25) is 0 Å². The summed E-state index contributed by atoms with van der Waals surface area (Å²) < 4.78 is 1.39. The number of nitrogens with one attached hydrogen (secondary N) is 4. The minimum atomic E-state index is -0.712. The predicted octanol–water partition coefficient (Wildman–Crippen LogP) is 0.947. The topological polar surface area (TPSA) is 120 Å². The first-order valence-electron chi connectivity index (χ1n) is 9.12. The van der Waals surface area contributed by atoms with Gasteiger partial charge in [0.2, 0.25) is 0 Å². The highest BCUT2D eigenvalue weighted by atomic mass is 16.3. The molecule has 1 aliphatic heterocycles. The van der Waals surface area contributed by atoms with Gasteiger partial charge in [-0.25, -0.2) is 15.5 Å². The third-order valence-electron chi connectivity index (χ3n) is 4.65. The third-order valence-corrected chi connectivity index (χ3v) is 4.65. The van der Waals surface area contributed by atoms with Crippen molar-refractivity contribution in [1.29, 1.82) is 0 Å². The van der Waals surface area contributed by atoms with Crippen molar-refractivity contribution in [3.05, 3.63) is 78.1 Å². The molecule has 9 heteroatoms. The Morgan fingerprint density at radius 2 is 1.69 bits per heavy atom. The highest BCUT2D eigenvalue weighted by molar-refractivity contribution is 5.96. The maximum atomic E-state index is 12.4. The van der Waals surface area contributed by atoms with E-state index in [0.29, 0.717) is 12.1 Å². The monoisotopic (exact) mass is 392 g/mol. The number of hydrogen-bond donors (Lipinski definition) is 5. The van der Waals surface area contributed by atoms with Gasteiger partial charge in [-0.05, 0) is 24.1 Å². The standard InChI is InChI=1S/C20H20N6O3/c27-17-12-26(14-9-5-2-6-10-14)25-18(17)20(29)24-23-19(28)16-11-15(21-22-16)13-7-3-1-4-8-13/h1-10,12,15-16,21-22,27H,11H2,(H,23,28)(H,24,29). The van der Waals surface area contributed by atoms with E-state index in [2.05, 4.69) is 26.8 Å². The largest absolute Gasteiger partial charge is 0.504 e. The average molecular weight is 392 g/mol. The number of rotatable bonds is 4. The number of nitrogens with zero attached hydrogens (tertiary/aromatic N) is 2. The molecule has 2 aromatic carbocycles. The molecule has 2 atom stereocenters. The molecule has 0 bridgehead atoms. The molecule has 3 aromatic rings. The van der Waals surface area contributed by atoms with Gasteiger partial charge in [0.15, 0.2) is 11.4 Å². The summed E-state index contributed by atoms with van der Waals surface area (Å²) in [4.78, 5) is 24.7. The minimum Gasteiger partial charge on any atom is -0.504 e. The van der Waals surface area contributed by atoms with Crippen LogP contribution in [0.3, 0.4) is 0 Å². The SMILES string of the molecule is O=C(NNC(=O)C1CC(c2ccccc2)NN1)c1nn(-c2ccccc2)cc1O. The van der Waals surface area contributed by atoms with Crippen LogP contribution in [-0.4, -0.2) is 32.7 Å². The summed E-state index contributed by atoms with van der Waals surface area (Å²) in [7, 11) is 0. The van der Waals surface area contributed by atoms with Crippen molar-refractivity contribution in [1.82, 2.24) is 31.5 Å². The van der Waals surface area contributed by atoms with E-state index >= 15 is 0 Å². The molecule has 148 valence electrons. The number of hydrogen-bond acceptors (Lipinski definition) is 6. The van der Waals surface area contributed by atoms with Crippen LogP contribution >= 0.6 is 0 Å². The lowest BCUT2D eigenvalue weighted by atomic mass is 10.0. The van der Waals surface area contributed by atoms with Crippen LogP contribution in [0.4, 0.5) is 0 Å². The summed E-state index contributed by atoms with van der Waals surface area (Å²) >= 11 is 0. The number of benzene rings is 2. The number of para-hydroxylation sites is 1. The van der Waals surface area contributed by atoms with E-state index in [0.717, 1.165) is 5.56 Å². The maximum Gasteiger partial charge on any atom is 0.294 e. The average Bonchev–Trinajstić information content (AvgIpc) is 3.40. The second-order valence-electron chi connectivity index (χ2n) is 6.63. The number of aromatic nitrogens is 2. The van der Waals surface area contributed by atoms with Crippen LogP contribution in [0, 0.1) is 0 Å². The Kier molecular flexibility index (Phi) is 5.23. The molecule has 9 nitrogen and oxygen atoms in total. The summed E-state index contributed by atoms with van der Waals surface area (Å²) in [5.41, 5.74) is 12.2. The second-order valence-corrected chi connectivity index (χ2v) is 6.63. The van der Waals surface area contributed by atoms with E-state index in [1.165, 1.54) is 10.9 Å². The smallest absolute Gasteiger partial charge is 0.294 e. The Morgan fingerprint density at radius 1 is 1.00 bits per heavy atom. The van der Waals surface area contributed by atoms with Crippen molar-refractivity contribution in [3.63, 3.8) is 0 Å². The van der Waals surface area contributed by atoms with Crippen LogP contribution in [-0.2, 0) is 4.79 Å². The number of aromatic hydroxyl groups is 1. The molecule has 5 N–H and O–H groups in total. The van der Waals surface area contributed by atoms with Crippen molar-refractivity contribution < 1.29 is 14.7 Å². The van der Waals surface area contributed by atoms with Crippen LogP contribution in [0.25, 0.3) is 5.69 Å². The van der Waals surface area contributed by atoms with Crippen LogP contribution in [0.5, 0.6) is 5.75 Å². The zero-order valence-corrected chi connectivity index (χ0v) is 15.4. The first kappa shape index (κ1) is 18.7. The fraction of sp³-hybridized carbons (Fsp3) is 0.150. The van der Waals surface area contributed by atoms with Gasteiger partial charge in [-0.1, -0.05) is 48.5 Å². The van der Waals surface area contributed by atoms with Crippen molar-refractivity contribution >= 4 is 11.8 Å². The first-order chi connectivity index (χ1) is 14.1. The predicted molar refractivity (Wildman–Crippen MR) is 105 cm³/mol. The lowest BCUT2D eigenvalue weighted by Gasteiger charge is -2.11. The van der Waals surface area contributed by atoms with E-state index in [1.54, 1.807) is 12.1 Å². The molecule has 1 saturated heterocycles. The van der Waals surface area contributed by atoms with E-state index in [4.69, 9.17) is 0 Å². The molecule has 1 aliphatic rings. The fourth-order valence-corrected chi connectivity index (χ4v) is 3.14. The molecular formula is C20H20N6O3. The molecule has 0 spiro atoms. The molecule has 0 saturated carbocycles. The molecule has 2 amide bonds. The van der Waals surface area contributed by atoms with Gasteiger partial charge in [-0.3, -0.25) is 20.4 Å². The Morgan fingerprint density at radius 3 is 2.41 bits per heavy atom. The molecule has 2 heterocycles. The molecule has 1 aromatic heterocycles. The number of carbonyl (C=O) groups is 2. The van der Waals surface area contributed by atoms with Gasteiger partial charge >= 0.3 is 0 Å². The zero-order chi connectivity index (χ0) is 20.2. The van der Waals surface area contributed by atoms with E-state index < -0.39 is 17.9 Å². The Bertz CT molecular complexity index is 1010. The molecule has 29 heavy (non-hydrogen) atoms. The molecule has 4 rings (SSSR count). The minimum absolute atomic E-state index is 0.00623. The second kappa shape index (κ2) is 8.13. The van der Waals surface area contributed by atoms with Gasteiger partial charge in [0.05, 0.1) is 11.9 Å². The summed E-state index contributed by atoms with van der Waals surface area (Å²) in [6.07, 6.45) is 1.86. The Hall–Kier alpha value is -3.69. The fourth-order valence-electron chi connectivity index (χ4n) is 3.14. The van der Waals surface area contributed by atoms with Gasteiger partial charge in [0.1, 0.15) is 6.04 Å². The zero-order valence-electron chi connectivity index (χ0n) is 15.4. The number of carbonyl (C=O) groups excluding carboxylic acids is 2. The van der Waals surface area contributed by atoms with Gasteiger partial charge < -0.3 is 5.11 Å². The van der Waals surface area contributed by atoms with Gasteiger partial charge in [-0.2, -0.15) is 5.10 Å². The van der Waals surface area contributed by atoms with Crippen LogP contribution in [0.15, 0.2) is 66.9 Å².